The summed E-state index contributed by atoms with van der Waals surface area (Å²) in [6, 6.07) is 3.67. The second-order valence-corrected chi connectivity index (χ2v) is 6.76. The van der Waals surface area contributed by atoms with Gasteiger partial charge < -0.3 is 24.2 Å². The highest BCUT2D eigenvalue weighted by Crippen LogP contribution is 2.38. The first kappa shape index (κ1) is 19.4. The number of hydrogen-bond donors (Lipinski definition) is 1. The van der Waals surface area contributed by atoms with E-state index in [1.165, 1.54) is 14.2 Å². The molecule has 0 bridgehead atoms. The number of hydrogen-bond acceptors (Lipinski definition) is 7. The van der Waals surface area contributed by atoms with Crippen LogP contribution in [0.2, 0.25) is 5.02 Å². The van der Waals surface area contributed by atoms with Crippen LogP contribution in [0.3, 0.4) is 0 Å². The van der Waals surface area contributed by atoms with Crippen molar-refractivity contribution in [2.24, 2.45) is 0 Å². The summed E-state index contributed by atoms with van der Waals surface area (Å²) in [5, 5.41) is 7.63. The summed E-state index contributed by atoms with van der Waals surface area (Å²) in [7, 11) is 4.89. The lowest BCUT2D eigenvalue weighted by Gasteiger charge is -2.23. The number of methoxy groups -OCH3 is 2. The quantitative estimate of drug-likeness (QED) is 0.769. The Morgan fingerprint density at radius 3 is 2.89 bits per heavy atom. The Morgan fingerprint density at radius 2 is 2.22 bits per heavy atom. The zero-order valence-electron chi connectivity index (χ0n) is 15.6. The van der Waals surface area contributed by atoms with Crippen LogP contribution in [0.15, 0.2) is 16.7 Å². The fraction of sp³-hybridized carbons (Fsp3) is 0.500. The molecular formula is C18H23ClN4O4. The molecule has 0 aliphatic carbocycles. The molecule has 1 aliphatic rings. The largest absolute Gasteiger partial charge is 0.493 e. The molecular weight excluding hydrogens is 372 g/mol. The molecule has 1 N–H and O–H groups in total. The number of aromatic nitrogens is 2. The number of nitrogens with one attached hydrogen (secondary N) is 1. The van der Waals surface area contributed by atoms with E-state index in [-0.39, 0.29) is 11.9 Å². The minimum atomic E-state index is 0.0672. The lowest BCUT2D eigenvalue weighted by atomic mass is 10.2. The van der Waals surface area contributed by atoms with Gasteiger partial charge in [0.1, 0.15) is 0 Å². The maximum absolute atomic E-state index is 12.3. The maximum Gasteiger partial charge on any atom is 0.227 e. The van der Waals surface area contributed by atoms with Gasteiger partial charge in [0.05, 0.1) is 19.2 Å². The van der Waals surface area contributed by atoms with Gasteiger partial charge >= 0.3 is 0 Å². The molecule has 2 aromatic rings. The average molecular weight is 395 g/mol. The Balaban J connectivity index is 1.66. The minimum absolute atomic E-state index is 0.0672. The molecule has 1 saturated heterocycles. The van der Waals surface area contributed by atoms with Gasteiger partial charge in [-0.3, -0.25) is 4.79 Å². The normalized spacial score (nSPS) is 16.4. The number of likely N-dealkylation sites (N-methyl/N-ethyl adjacent to an activating group) is 1. The molecule has 1 aromatic heterocycles. The molecule has 0 spiro atoms. The Bertz CT molecular complexity index is 805. The minimum Gasteiger partial charge on any atom is -0.493 e. The average Bonchev–Trinajstić information content (AvgIpc) is 3.36. The third-order valence-corrected chi connectivity index (χ3v) is 4.97. The van der Waals surface area contributed by atoms with Gasteiger partial charge in [0, 0.05) is 38.0 Å². The molecule has 1 aliphatic heterocycles. The highest BCUT2D eigenvalue weighted by atomic mass is 35.5. The van der Waals surface area contributed by atoms with Crippen LogP contribution in [0.5, 0.6) is 11.5 Å². The molecule has 1 atom stereocenters. The molecule has 1 aromatic carbocycles. The monoisotopic (exact) mass is 394 g/mol. The van der Waals surface area contributed by atoms with Crippen LogP contribution in [0.4, 0.5) is 0 Å². The molecule has 0 unspecified atom stereocenters. The molecule has 1 fully saturated rings. The van der Waals surface area contributed by atoms with Crippen molar-refractivity contribution in [2.45, 2.75) is 25.3 Å². The van der Waals surface area contributed by atoms with Gasteiger partial charge in [-0.1, -0.05) is 16.8 Å². The molecule has 0 saturated carbocycles. The van der Waals surface area contributed by atoms with Gasteiger partial charge in [-0.15, -0.1) is 0 Å². The van der Waals surface area contributed by atoms with Crippen LogP contribution in [-0.4, -0.2) is 61.3 Å². The second-order valence-electron chi connectivity index (χ2n) is 6.36. The Morgan fingerprint density at radius 1 is 1.41 bits per heavy atom. The van der Waals surface area contributed by atoms with Crippen LogP contribution in [0.1, 0.15) is 18.7 Å². The molecule has 9 heteroatoms. The first-order chi connectivity index (χ1) is 13.0. The molecule has 27 heavy (non-hydrogen) atoms. The SMILES string of the molecule is COc1cc(-c2noc(CCC(=O)N(C)[C@H]3CCNC3)n2)cc(Cl)c1OC. The Labute approximate surface area is 162 Å². The molecule has 2 heterocycles. The number of benzene rings is 1. The van der Waals surface area contributed by atoms with Gasteiger partial charge in [-0.05, 0) is 25.1 Å². The number of carbonyl (C=O) groups excluding carboxylic acids is 1. The summed E-state index contributed by atoms with van der Waals surface area (Å²) < 4.78 is 15.8. The van der Waals surface area contributed by atoms with Gasteiger partial charge in [0.2, 0.25) is 17.6 Å². The van der Waals surface area contributed by atoms with Crippen molar-refractivity contribution in [1.29, 1.82) is 0 Å². The van der Waals surface area contributed by atoms with E-state index in [1.54, 1.807) is 17.0 Å². The second kappa shape index (κ2) is 8.58. The molecule has 0 radical (unpaired) electrons. The highest BCUT2D eigenvalue weighted by Gasteiger charge is 2.23. The fourth-order valence-corrected chi connectivity index (χ4v) is 3.37. The van der Waals surface area contributed by atoms with Crippen molar-refractivity contribution >= 4 is 17.5 Å². The number of nitrogens with zero attached hydrogens (tertiary/aromatic N) is 3. The van der Waals surface area contributed by atoms with E-state index >= 15 is 0 Å². The topological polar surface area (TPSA) is 89.7 Å². The molecule has 8 nitrogen and oxygen atoms in total. The third-order valence-electron chi connectivity index (χ3n) is 4.69. The van der Waals surface area contributed by atoms with Gasteiger partial charge in [0.15, 0.2) is 11.5 Å². The lowest BCUT2D eigenvalue weighted by molar-refractivity contribution is -0.131. The standard InChI is InChI=1S/C18H23ClN4O4/c1-23(12-6-7-20-10-12)16(24)5-4-15-21-18(22-27-15)11-8-13(19)17(26-3)14(9-11)25-2/h8-9,12,20H,4-7,10H2,1-3H3/t12-/m0/s1. The van der Waals surface area contributed by atoms with Crippen molar-refractivity contribution in [3.05, 3.63) is 23.0 Å². The summed E-state index contributed by atoms with van der Waals surface area (Å²) in [6.45, 7) is 1.79. The molecule has 1 amide bonds. The van der Waals surface area contributed by atoms with Crippen molar-refractivity contribution in [1.82, 2.24) is 20.4 Å². The van der Waals surface area contributed by atoms with Crippen LogP contribution in [0, 0.1) is 0 Å². The summed E-state index contributed by atoms with van der Waals surface area (Å²) in [6.07, 6.45) is 1.69. The lowest BCUT2D eigenvalue weighted by Crippen LogP contribution is -2.38. The van der Waals surface area contributed by atoms with E-state index in [9.17, 15) is 4.79 Å². The van der Waals surface area contributed by atoms with Crippen LogP contribution >= 0.6 is 11.6 Å². The van der Waals surface area contributed by atoms with E-state index in [1.807, 2.05) is 7.05 Å². The zero-order chi connectivity index (χ0) is 19.4. The predicted octanol–water partition coefficient (Wildman–Crippen LogP) is 2.16. The highest BCUT2D eigenvalue weighted by molar-refractivity contribution is 6.32. The van der Waals surface area contributed by atoms with Crippen LogP contribution in [0.25, 0.3) is 11.4 Å². The summed E-state index contributed by atoms with van der Waals surface area (Å²) in [5.74, 6) is 1.78. The van der Waals surface area contributed by atoms with Gasteiger partial charge in [-0.2, -0.15) is 4.98 Å². The summed E-state index contributed by atoms with van der Waals surface area (Å²) in [4.78, 5) is 18.5. The van der Waals surface area contributed by atoms with E-state index in [4.69, 9.17) is 25.6 Å². The van der Waals surface area contributed by atoms with Crippen molar-refractivity contribution in [2.75, 3.05) is 34.4 Å². The predicted molar refractivity (Wildman–Crippen MR) is 100 cm³/mol. The number of rotatable bonds is 7. The maximum atomic E-state index is 12.3. The Hall–Kier alpha value is -2.32. The number of aryl methyl sites for hydroxylation is 1. The van der Waals surface area contributed by atoms with E-state index in [2.05, 4.69) is 15.5 Å². The number of ether oxygens (including phenoxy) is 2. The summed E-state index contributed by atoms with van der Waals surface area (Å²) in [5.41, 5.74) is 0.646. The van der Waals surface area contributed by atoms with Crippen LogP contribution < -0.4 is 14.8 Å². The Kier molecular flexibility index (Phi) is 6.18. The van der Waals surface area contributed by atoms with Crippen molar-refractivity contribution in [3.63, 3.8) is 0 Å². The number of carbonyl (C=O) groups is 1. The van der Waals surface area contributed by atoms with E-state index in [0.717, 1.165) is 19.5 Å². The molecule has 146 valence electrons. The zero-order valence-corrected chi connectivity index (χ0v) is 16.4. The van der Waals surface area contributed by atoms with Crippen LogP contribution in [-0.2, 0) is 11.2 Å². The molecule has 3 rings (SSSR count). The van der Waals surface area contributed by atoms with Gasteiger partial charge in [-0.25, -0.2) is 0 Å². The first-order valence-electron chi connectivity index (χ1n) is 8.74. The fourth-order valence-electron chi connectivity index (χ4n) is 3.08. The van der Waals surface area contributed by atoms with Crippen molar-refractivity contribution < 1.29 is 18.8 Å². The third kappa shape index (κ3) is 4.33. The van der Waals surface area contributed by atoms with E-state index in [0.29, 0.717) is 46.6 Å². The van der Waals surface area contributed by atoms with E-state index < -0.39 is 0 Å². The first-order valence-corrected chi connectivity index (χ1v) is 9.12. The van der Waals surface area contributed by atoms with Gasteiger partial charge in [0.25, 0.3) is 0 Å². The smallest absolute Gasteiger partial charge is 0.227 e. The number of amides is 1. The van der Waals surface area contributed by atoms with Crippen molar-refractivity contribution in [3.8, 4) is 22.9 Å². The number of halogens is 1. The summed E-state index contributed by atoms with van der Waals surface area (Å²) >= 11 is 6.22.